The van der Waals surface area contributed by atoms with Crippen molar-refractivity contribution in [2.75, 3.05) is 30.5 Å². The van der Waals surface area contributed by atoms with E-state index < -0.39 is 15.6 Å². The minimum Gasteiger partial charge on any atom is -0.373 e. The van der Waals surface area contributed by atoms with Crippen molar-refractivity contribution in [3.63, 3.8) is 0 Å². The van der Waals surface area contributed by atoms with Crippen molar-refractivity contribution in [3.05, 3.63) is 11.9 Å². The Labute approximate surface area is 127 Å². The zero-order valence-electron chi connectivity index (χ0n) is 13.3. The highest BCUT2D eigenvalue weighted by molar-refractivity contribution is 7.88. The third-order valence-corrected chi connectivity index (χ3v) is 3.60. The summed E-state index contributed by atoms with van der Waals surface area (Å²) in [5.41, 5.74) is -0.608. The van der Waals surface area contributed by atoms with Gasteiger partial charge in [0.2, 0.25) is 10.0 Å². The van der Waals surface area contributed by atoms with Gasteiger partial charge in [-0.25, -0.2) is 23.1 Å². The Morgan fingerprint density at radius 1 is 1.24 bits per heavy atom. The monoisotopic (exact) mass is 315 g/mol. The fourth-order valence-corrected chi connectivity index (χ4v) is 2.98. The normalized spacial score (nSPS) is 12.2. The molecule has 0 atom stereocenters. The number of nitrogens with one attached hydrogen (secondary N) is 3. The Morgan fingerprint density at radius 3 is 2.38 bits per heavy atom. The molecule has 21 heavy (non-hydrogen) atoms. The van der Waals surface area contributed by atoms with Crippen molar-refractivity contribution in [1.82, 2.24) is 14.7 Å². The minimum absolute atomic E-state index is 0.422. The molecule has 0 aliphatic carbocycles. The molecule has 0 aromatic carbocycles. The molecule has 0 fully saturated rings. The van der Waals surface area contributed by atoms with Gasteiger partial charge in [0.15, 0.2) is 0 Å². The number of rotatable bonds is 8. The number of nitrogens with zero attached hydrogens (tertiary/aromatic N) is 2. The van der Waals surface area contributed by atoms with Crippen LogP contribution in [0.25, 0.3) is 0 Å². The lowest BCUT2D eigenvalue weighted by atomic mass is 10.1. The van der Waals surface area contributed by atoms with E-state index in [4.69, 9.17) is 0 Å². The van der Waals surface area contributed by atoms with Crippen LogP contribution < -0.4 is 15.4 Å². The number of sulfonamides is 1. The summed E-state index contributed by atoms with van der Waals surface area (Å²) in [6, 6.07) is 1.80. The molecule has 7 nitrogen and oxygen atoms in total. The first-order valence-electron chi connectivity index (χ1n) is 6.94. The maximum atomic E-state index is 11.3. The molecule has 0 bridgehead atoms. The smallest absolute Gasteiger partial charge is 0.209 e. The van der Waals surface area contributed by atoms with E-state index in [-0.39, 0.29) is 0 Å². The first kappa shape index (κ1) is 17.6. The van der Waals surface area contributed by atoms with Crippen molar-refractivity contribution in [2.24, 2.45) is 0 Å². The molecular formula is C13H25N5O2S. The summed E-state index contributed by atoms with van der Waals surface area (Å²) in [5, 5.41) is 6.16. The zero-order chi connectivity index (χ0) is 16.1. The minimum atomic E-state index is -3.25. The molecule has 120 valence electrons. The average Bonchev–Trinajstić information content (AvgIpc) is 2.34. The lowest BCUT2D eigenvalue weighted by Crippen LogP contribution is -2.47. The summed E-state index contributed by atoms with van der Waals surface area (Å²) in [4.78, 5) is 8.80. The van der Waals surface area contributed by atoms with Crippen LogP contribution in [0.15, 0.2) is 6.07 Å². The third-order valence-electron chi connectivity index (χ3n) is 2.68. The average molecular weight is 315 g/mol. The Morgan fingerprint density at radius 2 is 1.86 bits per heavy atom. The van der Waals surface area contributed by atoms with Crippen LogP contribution in [0.3, 0.4) is 0 Å². The molecule has 1 aromatic heterocycles. The van der Waals surface area contributed by atoms with E-state index in [2.05, 4.69) is 32.2 Å². The highest BCUT2D eigenvalue weighted by atomic mass is 32.2. The van der Waals surface area contributed by atoms with Gasteiger partial charge in [-0.05, 0) is 20.3 Å². The van der Waals surface area contributed by atoms with E-state index in [1.807, 2.05) is 13.8 Å². The van der Waals surface area contributed by atoms with E-state index in [0.29, 0.717) is 12.4 Å². The first-order valence-corrected chi connectivity index (χ1v) is 8.83. The van der Waals surface area contributed by atoms with E-state index in [0.717, 1.165) is 30.7 Å². The van der Waals surface area contributed by atoms with Crippen LogP contribution in [0.2, 0.25) is 0 Å². The van der Waals surface area contributed by atoms with Gasteiger partial charge in [-0.3, -0.25) is 0 Å². The summed E-state index contributed by atoms with van der Waals surface area (Å²) in [7, 11) is -1.45. The van der Waals surface area contributed by atoms with Crippen molar-refractivity contribution < 1.29 is 8.42 Å². The maximum Gasteiger partial charge on any atom is 0.209 e. The van der Waals surface area contributed by atoms with Crippen LogP contribution >= 0.6 is 0 Å². The molecule has 0 aliphatic rings. The lowest BCUT2D eigenvalue weighted by Gasteiger charge is -2.25. The molecule has 0 saturated carbocycles. The summed E-state index contributed by atoms with van der Waals surface area (Å²) in [6.07, 6.45) is 2.92. The molecule has 0 amide bonds. The fourth-order valence-electron chi connectivity index (χ4n) is 1.90. The van der Waals surface area contributed by atoms with Gasteiger partial charge in [0.25, 0.3) is 0 Å². The summed E-state index contributed by atoms with van der Waals surface area (Å²) in [5.74, 6) is 2.19. The Balaban J connectivity index is 2.80. The number of hydrogen-bond acceptors (Lipinski definition) is 6. The molecular weight excluding hydrogens is 290 g/mol. The van der Waals surface area contributed by atoms with Crippen molar-refractivity contribution >= 4 is 21.7 Å². The van der Waals surface area contributed by atoms with Gasteiger partial charge in [-0.1, -0.05) is 6.92 Å². The number of hydrogen-bond donors (Lipinski definition) is 3. The highest BCUT2D eigenvalue weighted by Gasteiger charge is 2.22. The standard InChI is InChI=1S/C13H25N5O2S/c1-6-7-10-16-11(14-4)8-12(17-10)15-9-13(2,3)18-21(5,19)20/h8,18H,6-7,9H2,1-5H3,(H2,14,15,16,17). The van der Waals surface area contributed by atoms with E-state index in [1.54, 1.807) is 13.1 Å². The molecule has 0 saturated heterocycles. The molecule has 8 heteroatoms. The van der Waals surface area contributed by atoms with Crippen LogP contribution in [0, 0.1) is 0 Å². The molecule has 0 aliphatic heterocycles. The van der Waals surface area contributed by atoms with E-state index in [1.165, 1.54) is 0 Å². The topological polar surface area (TPSA) is 96.0 Å². The van der Waals surface area contributed by atoms with Crippen LogP contribution in [-0.4, -0.2) is 43.8 Å². The maximum absolute atomic E-state index is 11.3. The van der Waals surface area contributed by atoms with Crippen LogP contribution in [0.1, 0.15) is 33.0 Å². The second-order valence-corrected chi connectivity index (χ2v) is 7.41. The number of aryl methyl sites for hydroxylation is 1. The van der Waals surface area contributed by atoms with Crippen molar-refractivity contribution in [3.8, 4) is 0 Å². The first-order chi connectivity index (χ1) is 9.65. The summed E-state index contributed by atoms with van der Waals surface area (Å²) < 4.78 is 25.2. The second kappa shape index (κ2) is 7.04. The summed E-state index contributed by atoms with van der Waals surface area (Å²) >= 11 is 0. The van der Waals surface area contributed by atoms with Gasteiger partial charge < -0.3 is 10.6 Å². The van der Waals surface area contributed by atoms with Gasteiger partial charge in [0.05, 0.1) is 6.26 Å². The Kier molecular flexibility index (Phi) is 5.91. The van der Waals surface area contributed by atoms with Gasteiger partial charge in [0.1, 0.15) is 17.5 Å². The van der Waals surface area contributed by atoms with Crippen LogP contribution in [0.4, 0.5) is 11.6 Å². The third kappa shape index (κ3) is 6.72. The Hall–Kier alpha value is -1.41. The van der Waals surface area contributed by atoms with Gasteiger partial charge in [-0.2, -0.15) is 0 Å². The molecule has 3 N–H and O–H groups in total. The predicted octanol–water partition coefficient (Wildman–Crippen LogP) is 1.21. The summed E-state index contributed by atoms with van der Waals surface area (Å²) in [6.45, 7) is 6.12. The van der Waals surface area contributed by atoms with E-state index >= 15 is 0 Å². The zero-order valence-corrected chi connectivity index (χ0v) is 14.1. The molecule has 0 unspecified atom stereocenters. The van der Waals surface area contributed by atoms with Crippen molar-refractivity contribution in [1.29, 1.82) is 0 Å². The molecule has 1 aromatic rings. The lowest BCUT2D eigenvalue weighted by molar-refractivity contribution is 0.475. The van der Waals surface area contributed by atoms with Crippen molar-refractivity contribution in [2.45, 2.75) is 39.2 Å². The van der Waals surface area contributed by atoms with E-state index in [9.17, 15) is 8.42 Å². The fraction of sp³-hybridized carbons (Fsp3) is 0.692. The largest absolute Gasteiger partial charge is 0.373 e. The Bertz CT molecular complexity index is 572. The quantitative estimate of drug-likeness (QED) is 0.667. The second-order valence-electron chi connectivity index (χ2n) is 5.67. The number of anilines is 2. The molecule has 0 radical (unpaired) electrons. The van der Waals surface area contributed by atoms with Crippen LogP contribution in [0.5, 0.6) is 0 Å². The predicted molar refractivity (Wildman–Crippen MR) is 86.1 cm³/mol. The SMILES string of the molecule is CCCc1nc(NC)cc(NCC(C)(C)NS(C)(=O)=O)n1. The number of aromatic nitrogens is 2. The van der Waals surface area contributed by atoms with Gasteiger partial charge >= 0.3 is 0 Å². The molecule has 1 rings (SSSR count). The van der Waals surface area contributed by atoms with Gasteiger partial charge in [0, 0.05) is 31.6 Å². The molecule has 0 spiro atoms. The van der Waals surface area contributed by atoms with Crippen LogP contribution in [-0.2, 0) is 16.4 Å². The highest BCUT2D eigenvalue weighted by Crippen LogP contribution is 2.13. The molecule has 1 heterocycles. The van der Waals surface area contributed by atoms with Gasteiger partial charge in [-0.15, -0.1) is 0 Å².